The van der Waals surface area contributed by atoms with Gasteiger partial charge in [-0.15, -0.1) is 0 Å². The van der Waals surface area contributed by atoms with E-state index in [0.29, 0.717) is 23.3 Å². The van der Waals surface area contributed by atoms with E-state index in [2.05, 4.69) is 5.32 Å². The third-order valence-corrected chi connectivity index (χ3v) is 5.29. The Morgan fingerprint density at radius 2 is 1.96 bits per heavy atom. The van der Waals surface area contributed by atoms with Crippen molar-refractivity contribution in [3.05, 3.63) is 53.1 Å². The Hall–Kier alpha value is -2.24. The maximum absolute atomic E-state index is 12.5. The lowest BCUT2D eigenvalue weighted by molar-refractivity contribution is -0.117. The maximum atomic E-state index is 12.5. The van der Waals surface area contributed by atoms with Gasteiger partial charge in [0.05, 0.1) is 26.9 Å². The smallest absolute Gasteiger partial charge is 0.228 e. The zero-order valence-electron chi connectivity index (χ0n) is 15.1. The van der Waals surface area contributed by atoms with Crippen LogP contribution < -0.4 is 14.8 Å². The first-order chi connectivity index (χ1) is 13.1. The summed E-state index contributed by atoms with van der Waals surface area (Å²) in [5.74, 6) is 2.11. The number of nitrogens with one attached hydrogen (secondary N) is 1. The lowest BCUT2D eigenvalue weighted by atomic mass is 10.1. The predicted octanol–water partition coefficient (Wildman–Crippen LogP) is 4.12. The maximum Gasteiger partial charge on any atom is 0.228 e. The molecule has 142 valence electrons. The van der Waals surface area contributed by atoms with Crippen LogP contribution in [0.3, 0.4) is 0 Å². The van der Waals surface area contributed by atoms with Crippen LogP contribution in [0.4, 0.5) is 5.69 Å². The van der Waals surface area contributed by atoms with Gasteiger partial charge in [-0.1, -0.05) is 17.7 Å². The predicted molar refractivity (Wildman–Crippen MR) is 104 cm³/mol. The Bertz CT molecular complexity index is 819. The van der Waals surface area contributed by atoms with Gasteiger partial charge in [-0.05, 0) is 54.3 Å². The average molecular weight is 388 g/mol. The van der Waals surface area contributed by atoms with E-state index < -0.39 is 0 Å². The lowest BCUT2D eigenvalue weighted by Gasteiger charge is -2.26. The van der Waals surface area contributed by atoms with Crippen molar-refractivity contribution >= 4 is 23.2 Å². The van der Waals surface area contributed by atoms with Gasteiger partial charge in [0.1, 0.15) is 0 Å². The molecule has 27 heavy (non-hydrogen) atoms. The van der Waals surface area contributed by atoms with Crippen molar-refractivity contribution in [2.45, 2.75) is 12.3 Å². The zero-order chi connectivity index (χ0) is 18.8. The second-order valence-electron chi connectivity index (χ2n) is 7.07. The molecule has 2 fully saturated rings. The molecule has 0 bridgehead atoms. The summed E-state index contributed by atoms with van der Waals surface area (Å²) >= 11 is 5.88. The number of anilines is 1. The summed E-state index contributed by atoms with van der Waals surface area (Å²) in [7, 11) is 1.63. The van der Waals surface area contributed by atoms with Gasteiger partial charge in [0.2, 0.25) is 5.91 Å². The van der Waals surface area contributed by atoms with Crippen molar-refractivity contribution in [2.24, 2.45) is 11.8 Å². The molecule has 0 aromatic heterocycles. The number of carbonyl (C=O) groups is 1. The highest BCUT2D eigenvalue weighted by Gasteiger charge is 2.44. The summed E-state index contributed by atoms with van der Waals surface area (Å²) < 4.78 is 16.5. The minimum absolute atomic E-state index is 0.0238. The first-order valence-corrected chi connectivity index (χ1v) is 9.46. The molecule has 2 aliphatic rings. The van der Waals surface area contributed by atoms with Crippen LogP contribution in [0.2, 0.25) is 5.02 Å². The van der Waals surface area contributed by atoms with E-state index in [1.807, 2.05) is 18.2 Å². The van der Waals surface area contributed by atoms with Gasteiger partial charge in [-0.2, -0.15) is 0 Å². The van der Waals surface area contributed by atoms with Crippen LogP contribution in [0, 0.1) is 11.8 Å². The Morgan fingerprint density at radius 3 is 2.63 bits per heavy atom. The summed E-state index contributed by atoms with van der Waals surface area (Å²) in [5.41, 5.74) is 1.86. The largest absolute Gasteiger partial charge is 0.493 e. The van der Waals surface area contributed by atoms with Gasteiger partial charge in [-0.3, -0.25) is 4.79 Å². The third-order valence-electron chi connectivity index (χ3n) is 5.04. The number of halogens is 1. The van der Waals surface area contributed by atoms with E-state index in [4.69, 9.17) is 25.8 Å². The molecule has 2 aromatic carbocycles. The van der Waals surface area contributed by atoms with Gasteiger partial charge >= 0.3 is 0 Å². The molecule has 6 heteroatoms. The van der Waals surface area contributed by atoms with Crippen LogP contribution in [-0.4, -0.2) is 32.8 Å². The van der Waals surface area contributed by atoms with Crippen LogP contribution in [0.5, 0.6) is 11.5 Å². The van der Waals surface area contributed by atoms with Crippen molar-refractivity contribution in [3.8, 4) is 11.5 Å². The number of amides is 1. The topological polar surface area (TPSA) is 56.8 Å². The molecule has 2 aromatic rings. The standard InChI is InChI=1S/C21H22ClNO4/c1-25-20-8-14(2-7-19(20)27-12-13-10-26-11-13)17-9-18(17)21(24)23-16-5-3-15(22)4-6-16/h2-8,13,17-18H,9-12H2,1H3,(H,23,24). The van der Waals surface area contributed by atoms with Crippen molar-refractivity contribution in [3.63, 3.8) is 0 Å². The van der Waals surface area contributed by atoms with Crippen molar-refractivity contribution < 1.29 is 19.0 Å². The highest BCUT2D eigenvalue weighted by atomic mass is 35.5. The quantitative estimate of drug-likeness (QED) is 0.776. The Balaban J connectivity index is 1.37. The molecular weight excluding hydrogens is 366 g/mol. The van der Waals surface area contributed by atoms with Gasteiger partial charge < -0.3 is 19.5 Å². The molecule has 1 amide bonds. The molecule has 2 unspecified atom stereocenters. The molecule has 1 aliphatic heterocycles. The van der Waals surface area contributed by atoms with Crippen LogP contribution in [0.15, 0.2) is 42.5 Å². The van der Waals surface area contributed by atoms with Crippen LogP contribution in [0.1, 0.15) is 17.9 Å². The molecule has 2 atom stereocenters. The second-order valence-corrected chi connectivity index (χ2v) is 7.51. The Labute approximate surface area is 163 Å². The molecule has 1 N–H and O–H groups in total. The molecule has 0 spiro atoms. The number of benzene rings is 2. The van der Waals surface area contributed by atoms with Crippen LogP contribution in [0.25, 0.3) is 0 Å². The first kappa shape index (κ1) is 18.1. The monoisotopic (exact) mass is 387 g/mol. The van der Waals surface area contributed by atoms with Gasteiger partial charge in [0.25, 0.3) is 0 Å². The molecule has 1 saturated carbocycles. The third kappa shape index (κ3) is 4.20. The van der Waals surface area contributed by atoms with Crippen molar-refractivity contribution in [1.29, 1.82) is 0 Å². The number of hydrogen-bond donors (Lipinski definition) is 1. The van der Waals surface area contributed by atoms with Crippen molar-refractivity contribution in [2.75, 3.05) is 32.2 Å². The zero-order valence-corrected chi connectivity index (χ0v) is 15.9. The van der Waals surface area contributed by atoms with Crippen molar-refractivity contribution in [1.82, 2.24) is 0 Å². The average Bonchev–Trinajstić information content (AvgIpc) is 3.43. The number of hydrogen-bond acceptors (Lipinski definition) is 4. The molecule has 1 saturated heterocycles. The number of rotatable bonds is 7. The van der Waals surface area contributed by atoms with Crippen LogP contribution >= 0.6 is 11.6 Å². The summed E-state index contributed by atoms with van der Waals surface area (Å²) in [5, 5.41) is 3.60. The number of methoxy groups -OCH3 is 1. The SMILES string of the molecule is COc1cc(C2CC2C(=O)Nc2ccc(Cl)cc2)ccc1OCC1COC1. The fourth-order valence-corrected chi connectivity index (χ4v) is 3.37. The van der Waals surface area contributed by atoms with E-state index in [-0.39, 0.29) is 17.7 Å². The van der Waals surface area contributed by atoms with Gasteiger partial charge in [0, 0.05) is 22.5 Å². The molecular formula is C21H22ClNO4. The summed E-state index contributed by atoms with van der Waals surface area (Å²) in [6, 6.07) is 13.1. The van der Waals surface area contributed by atoms with Gasteiger partial charge in [0.15, 0.2) is 11.5 Å². The minimum atomic E-state index is -0.0238. The normalized spacial score (nSPS) is 21.3. The fourth-order valence-electron chi connectivity index (χ4n) is 3.24. The summed E-state index contributed by atoms with van der Waals surface area (Å²) in [6.07, 6.45) is 0.836. The Morgan fingerprint density at radius 1 is 1.19 bits per heavy atom. The fraction of sp³-hybridized carbons (Fsp3) is 0.381. The molecule has 1 aliphatic carbocycles. The lowest BCUT2D eigenvalue weighted by Crippen LogP contribution is -2.32. The summed E-state index contributed by atoms with van der Waals surface area (Å²) in [6.45, 7) is 2.14. The highest BCUT2D eigenvalue weighted by Crippen LogP contribution is 2.49. The molecule has 4 rings (SSSR count). The first-order valence-electron chi connectivity index (χ1n) is 9.09. The molecule has 5 nitrogen and oxygen atoms in total. The minimum Gasteiger partial charge on any atom is -0.493 e. The molecule has 0 radical (unpaired) electrons. The van der Waals surface area contributed by atoms with E-state index >= 15 is 0 Å². The van der Waals surface area contributed by atoms with E-state index in [9.17, 15) is 4.79 Å². The van der Waals surface area contributed by atoms with E-state index in [1.54, 1.807) is 31.4 Å². The summed E-state index contributed by atoms with van der Waals surface area (Å²) in [4.78, 5) is 12.5. The number of carbonyl (C=O) groups excluding carboxylic acids is 1. The molecule has 1 heterocycles. The highest BCUT2D eigenvalue weighted by molar-refractivity contribution is 6.30. The number of ether oxygens (including phenoxy) is 3. The van der Waals surface area contributed by atoms with E-state index in [1.165, 1.54) is 0 Å². The van der Waals surface area contributed by atoms with Crippen LogP contribution in [-0.2, 0) is 9.53 Å². The Kier molecular flexibility index (Phi) is 5.23. The van der Waals surface area contributed by atoms with Gasteiger partial charge in [-0.25, -0.2) is 0 Å². The second kappa shape index (κ2) is 7.79. The van der Waals surface area contributed by atoms with E-state index in [0.717, 1.165) is 36.6 Å².